The zero-order chi connectivity index (χ0) is 10.9. The summed E-state index contributed by atoms with van der Waals surface area (Å²) in [5.74, 6) is 3.59. The van der Waals surface area contributed by atoms with Gasteiger partial charge in [-0.15, -0.1) is 0 Å². The normalized spacial score (nSPS) is 26.8. The van der Waals surface area contributed by atoms with Crippen LogP contribution in [-0.2, 0) is 0 Å². The summed E-state index contributed by atoms with van der Waals surface area (Å²) < 4.78 is 0. The molecule has 0 heterocycles. The van der Waals surface area contributed by atoms with Gasteiger partial charge in [-0.2, -0.15) is 11.8 Å². The summed E-state index contributed by atoms with van der Waals surface area (Å²) in [6, 6.07) is 0.829. The third-order valence-corrected chi connectivity index (χ3v) is 4.45. The number of nitrogens with one attached hydrogen (secondary N) is 1. The molecule has 0 saturated heterocycles. The molecule has 1 rings (SSSR count). The topological polar surface area (TPSA) is 12.0 Å². The third kappa shape index (κ3) is 5.82. The van der Waals surface area contributed by atoms with Gasteiger partial charge in [0.1, 0.15) is 0 Å². The second kappa shape index (κ2) is 8.46. The van der Waals surface area contributed by atoms with Crippen LogP contribution >= 0.6 is 11.8 Å². The van der Waals surface area contributed by atoms with Crippen molar-refractivity contribution < 1.29 is 0 Å². The van der Waals surface area contributed by atoms with E-state index in [1.165, 1.54) is 56.6 Å². The summed E-state index contributed by atoms with van der Waals surface area (Å²) in [4.78, 5) is 0. The van der Waals surface area contributed by atoms with Crippen LogP contribution in [-0.4, -0.2) is 24.1 Å². The Kier molecular flexibility index (Phi) is 7.54. The maximum absolute atomic E-state index is 3.73. The lowest BCUT2D eigenvalue weighted by molar-refractivity contribution is 0.280. The molecule has 1 saturated carbocycles. The third-order valence-electron chi connectivity index (χ3n) is 3.46. The maximum atomic E-state index is 3.73. The highest BCUT2D eigenvalue weighted by Crippen LogP contribution is 2.26. The Morgan fingerprint density at radius 2 is 2.13 bits per heavy atom. The molecule has 1 aliphatic rings. The van der Waals surface area contributed by atoms with E-state index in [0.717, 1.165) is 12.0 Å². The largest absolute Gasteiger partial charge is 0.314 e. The zero-order valence-corrected chi connectivity index (χ0v) is 11.2. The Hall–Kier alpha value is 0.310. The molecule has 0 radical (unpaired) electrons. The van der Waals surface area contributed by atoms with Crippen molar-refractivity contribution in [1.29, 1.82) is 0 Å². The van der Waals surface area contributed by atoms with Gasteiger partial charge in [0.2, 0.25) is 0 Å². The molecule has 0 bridgehead atoms. The van der Waals surface area contributed by atoms with Crippen molar-refractivity contribution in [2.75, 3.05) is 18.1 Å². The lowest BCUT2D eigenvalue weighted by Crippen LogP contribution is -2.34. The molecule has 1 nitrogen and oxygen atoms in total. The van der Waals surface area contributed by atoms with Gasteiger partial charge in [0.15, 0.2) is 0 Å². The van der Waals surface area contributed by atoms with Crippen LogP contribution in [0, 0.1) is 5.92 Å². The predicted octanol–water partition coefficient (Wildman–Crippen LogP) is 3.69. The first kappa shape index (κ1) is 13.4. The van der Waals surface area contributed by atoms with Crippen LogP contribution < -0.4 is 5.32 Å². The van der Waals surface area contributed by atoms with E-state index >= 15 is 0 Å². The Bertz CT molecular complexity index is 149. The van der Waals surface area contributed by atoms with Crippen LogP contribution in [0.4, 0.5) is 0 Å². The summed E-state index contributed by atoms with van der Waals surface area (Å²) in [5, 5.41) is 3.73. The zero-order valence-electron chi connectivity index (χ0n) is 10.4. The molecule has 0 aromatic heterocycles. The van der Waals surface area contributed by atoms with Crippen molar-refractivity contribution >= 4 is 11.8 Å². The quantitative estimate of drug-likeness (QED) is 0.668. The van der Waals surface area contributed by atoms with Gasteiger partial charge in [-0.05, 0) is 43.2 Å². The summed E-state index contributed by atoms with van der Waals surface area (Å²) in [7, 11) is 0. The first-order chi connectivity index (χ1) is 7.36. The van der Waals surface area contributed by atoms with Gasteiger partial charge in [-0.1, -0.05) is 33.1 Å². The predicted molar refractivity (Wildman–Crippen MR) is 71.7 cm³/mol. The van der Waals surface area contributed by atoms with Crippen molar-refractivity contribution in [2.24, 2.45) is 5.92 Å². The van der Waals surface area contributed by atoms with Crippen molar-refractivity contribution in [3.8, 4) is 0 Å². The molecule has 2 atom stereocenters. The van der Waals surface area contributed by atoms with E-state index in [2.05, 4.69) is 30.9 Å². The smallest absolute Gasteiger partial charge is 0.00697 e. The van der Waals surface area contributed by atoms with Gasteiger partial charge >= 0.3 is 0 Å². The molecule has 90 valence electrons. The second-order valence-corrected chi connectivity index (χ2v) is 6.04. The number of hydrogen-bond donors (Lipinski definition) is 1. The average molecular weight is 229 g/mol. The summed E-state index contributed by atoms with van der Waals surface area (Å²) in [5.41, 5.74) is 0. The maximum Gasteiger partial charge on any atom is 0.00697 e. The molecular weight excluding hydrogens is 202 g/mol. The number of rotatable bonds is 7. The van der Waals surface area contributed by atoms with Gasteiger partial charge < -0.3 is 5.32 Å². The van der Waals surface area contributed by atoms with Crippen molar-refractivity contribution in [1.82, 2.24) is 5.32 Å². The molecular formula is C13H27NS. The van der Waals surface area contributed by atoms with Crippen molar-refractivity contribution in [3.05, 3.63) is 0 Å². The van der Waals surface area contributed by atoms with Gasteiger partial charge in [0, 0.05) is 6.04 Å². The molecule has 0 aliphatic heterocycles. The van der Waals surface area contributed by atoms with Crippen LogP contribution in [0.5, 0.6) is 0 Å². The fourth-order valence-corrected chi connectivity index (χ4v) is 3.11. The first-order valence-electron chi connectivity index (χ1n) is 6.68. The Labute approximate surface area is 99.8 Å². The fourth-order valence-electron chi connectivity index (χ4n) is 2.47. The molecule has 1 aliphatic carbocycles. The molecule has 2 unspecified atom stereocenters. The first-order valence-corrected chi connectivity index (χ1v) is 7.83. The van der Waals surface area contributed by atoms with Crippen LogP contribution in [0.25, 0.3) is 0 Å². The molecule has 0 amide bonds. The van der Waals surface area contributed by atoms with Crippen LogP contribution in [0.1, 0.15) is 52.4 Å². The minimum Gasteiger partial charge on any atom is -0.314 e. The highest BCUT2D eigenvalue weighted by molar-refractivity contribution is 7.99. The van der Waals surface area contributed by atoms with E-state index in [1.54, 1.807) is 0 Å². The van der Waals surface area contributed by atoms with Gasteiger partial charge in [0.25, 0.3) is 0 Å². The van der Waals surface area contributed by atoms with E-state index in [1.807, 2.05) is 0 Å². The lowest BCUT2D eigenvalue weighted by atomic mass is 9.84. The van der Waals surface area contributed by atoms with Gasteiger partial charge in [-0.3, -0.25) is 0 Å². The van der Waals surface area contributed by atoms with Crippen LogP contribution in [0.3, 0.4) is 0 Å². The SMILES string of the molecule is CCSCCCNC1CCCC(CC)C1. The number of thioether (sulfide) groups is 1. The van der Waals surface area contributed by atoms with Crippen LogP contribution in [0.2, 0.25) is 0 Å². The molecule has 0 aromatic carbocycles. The second-order valence-electron chi connectivity index (χ2n) is 4.64. The standard InChI is InChI=1S/C13H27NS/c1-3-12-7-5-8-13(11-12)14-9-6-10-15-4-2/h12-14H,3-11H2,1-2H3. The monoisotopic (exact) mass is 229 g/mol. The fraction of sp³-hybridized carbons (Fsp3) is 1.00. The molecule has 2 heteroatoms. The minimum absolute atomic E-state index is 0.829. The van der Waals surface area contributed by atoms with E-state index < -0.39 is 0 Å². The van der Waals surface area contributed by atoms with E-state index in [0.29, 0.717) is 0 Å². The average Bonchev–Trinajstić information content (AvgIpc) is 2.29. The molecule has 1 fully saturated rings. The van der Waals surface area contributed by atoms with Gasteiger partial charge in [-0.25, -0.2) is 0 Å². The van der Waals surface area contributed by atoms with Crippen LogP contribution in [0.15, 0.2) is 0 Å². The van der Waals surface area contributed by atoms with E-state index in [-0.39, 0.29) is 0 Å². The highest BCUT2D eigenvalue weighted by atomic mass is 32.2. The minimum atomic E-state index is 0.829. The molecule has 15 heavy (non-hydrogen) atoms. The van der Waals surface area contributed by atoms with Crippen molar-refractivity contribution in [3.63, 3.8) is 0 Å². The molecule has 1 N–H and O–H groups in total. The lowest BCUT2D eigenvalue weighted by Gasteiger charge is -2.29. The molecule has 0 aromatic rings. The molecule has 0 spiro atoms. The Morgan fingerprint density at radius 1 is 1.27 bits per heavy atom. The van der Waals surface area contributed by atoms with Gasteiger partial charge in [0.05, 0.1) is 0 Å². The number of hydrogen-bond acceptors (Lipinski definition) is 2. The Morgan fingerprint density at radius 3 is 2.87 bits per heavy atom. The van der Waals surface area contributed by atoms with E-state index in [9.17, 15) is 0 Å². The summed E-state index contributed by atoms with van der Waals surface area (Å²) in [6.45, 7) is 5.81. The van der Waals surface area contributed by atoms with Crippen molar-refractivity contribution in [2.45, 2.75) is 58.4 Å². The summed E-state index contributed by atoms with van der Waals surface area (Å²) >= 11 is 2.06. The van der Waals surface area contributed by atoms with E-state index in [4.69, 9.17) is 0 Å². The highest BCUT2D eigenvalue weighted by Gasteiger charge is 2.19. The Balaban J connectivity index is 2.00. The summed E-state index contributed by atoms with van der Waals surface area (Å²) in [6.07, 6.45) is 8.48.